The van der Waals surface area contributed by atoms with Crippen LogP contribution in [0.25, 0.3) is 11.1 Å². The van der Waals surface area contributed by atoms with Crippen molar-refractivity contribution < 1.29 is 18.6 Å². The van der Waals surface area contributed by atoms with E-state index >= 15 is 0 Å². The fraction of sp³-hybridized carbons (Fsp3) is 0.360. The summed E-state index contributed by atoms with van der Waals surface area (Å²) < 4.78 is 33.0. The molecule has 2 aliphatic heterocycles. The summed E-state index contributed by atoms with van der Waals surface area (Å²) >= 11 is 0. The van der Waals surface area contributed by atoms with Crippen molar-refractivity contribution in [1.29, 1.82) is 0 Å². The highest BCUT2D eigenvalue weighted by Gasteiger charge is 2.47. The number of fused-ring (bicyclic) bond motifs is 4. The second kappa shape index (κ2) is 8.06. The average Bonchev–Trinajstić information content (AvgIpc) is 2.78. The van der Waals surface area contributed by atoms with Gasteiger partial charge in [0.1, 0.15) is 23.3 Å². The molecular formula is C25H27FN4O3. The Morgan fingerprint density at radius 1 is 1.21 bits per heavy atom. The van der Waals surface area contributed by atoms with Gasteiger partial charge in [0, 0.05) is 30.4 Å². The highest BCUT2D eigenvalue weighted by molar-refractivity contribution is 5.68. The number of hydrogen-bond donors (Lipinski definition) is 2. The van der Waals surface area contributed by atoms with Crippen molar-refractivity contribution in [3.63, 3.8) is 0 Å². The molecule has 0 saturated carbocycles. The van der Waals surface area contributed by atoms with Crippen LogP contribution in [0.3, 0.4) is 0 Å². The Kier molecular flexibility index (Phi) is 5.31. The van der Waals surface area contributed by atoms with Crippen LogP contribution < -0.4 is 20.5 Å². The van der Waals surface area contributed by atoms with Crippen LogP contribution in [-0.4, -0.2) is 35.9 Å². The van der Waals surface area contributed by atoms with E-state index in [4.69, 9.17) is 19.9 Å². The molecule has 2 aromatic heterocycles. The maximum absolute atomic E-state index is 14.4. The van der Waals surface area contributed by atoms with Crippen LogP contribution in [0.15, 0.2) is 48.8 Å². The molecule has 0 radical (unpaired) electrons. The molecule has 1 saturated heterocycles. The minimum Gasteiger partial charge on any atom is -0.491 e. The van der Waals surface area contributed by atoms with Gasteiger partial charge >= 0.3 is 0 Å². The summed E-state index contributed by atoms with van der Waals surface area (Å²) in [5.74, 6) is 1.10. The highest BCUT2D eigenvalue weighted by Crippen LogP contribution is 2.50. The number of benzene rings is 1. The third-order valence-electron chi connectivity index (χ3n) is 5.70. The van der Waals surface area contributed by atoms with Crippen LogP contribution in [0, 0.1) is 11.4 Å². The van der Waals surface area contributed by atoms with Crippen LogP contribution in [-0.2, 0) is 10.3 Å². The number of morpholine rings is 1. The first kappa shape index (κ1) is 21.8. The summed E-state index contributed by atoms with van der Waals surface area (Å²) in [6.45, 7) is 7.80. The molecule has 8 heteroatoms. The van der Waals surface area contributed by atoms with Gasteiger partial charge in [-0.2, -0.15) is 4.39 Å². The van der Waals surface area contributed by atoms with Crippen molar-refractivity contribution in [2.75, 3.05) is 19.7 Å². The summed E-state index contributed by atoms with van der Waals surface area (Å²) in [5, 5.41) is 3.36. The Bertz CT molecular complexity index is 1200. The molecule has 1 unspecified atom stereocenters. The van der Waals surface area contributed by atoms with Gasteiger partial charge in [0.05, 0.1) is 18.4 Å². The zero-order valence-corrected chi connectivity index (χ0v) is 18.9. The molecule has 172 valence electrons. The molecule has 0 amide bonds. The smallest absolute Gasteiger partial charge is 0.226 e. The second-order valence-electron chi connectivity index (χ2n) is 9.64. The van der Waals surface area contributed by atoms with Gasteiger partial charge in [-0.25, -0.2) is 9.97 Å². The lowest BCUT2D eigenvalue weighted by atomic mass is 9.82. The molecule has 33 heavy (non-hydrogen) atoms. The van der Waals surface area contributed by atoms with E-state index in [1.807, 2.05) is 12.1 Å². The van der Waals surface area contributed by atoms with Crippen molar-refractivity contribution in [2.24, 2.45) is 11.1 Å². The minimum atomic E-state index is -0.969. The van der Waals surface area contributed by atoms with E-state index in [1.54, 1.807) is 30.5 Å². The number of hydrogen-bond acceptors (Lipinski definition) is 7. The van der Waals surface area contributed by atoms with Crippen molar-refractivity contribution in [3.05, 3.63) is 65.9 Å². The molecule has 2 atom stereocenters. The first-order valence-corrected chi connectivity index (χ1v) is 11.0. The lowest BCUT2D eigenvalue weighted by molar-refractivity contribution is -0.0975. The van der Waals surface area contributed by atoms with Crippen molar-refractivity contribution in [2.45, 2.75) is 32.6 Å². The molecule has 5 rings (SSSR count). The Morgan fingerprint density at radius 3 is 2.82 bits per heavy atom. The lowest BCUT2D eigenvalue weighted by Crippen LogP contribution is -2.56. The quantitative estimate of drug-likeness (QED) is 0.584. The number of halogens is 1. The van der Waals surface area contributed by atoms with E-state index in [0.717, 1.165) is 5.56 Å². The van der Waals surface area contributed by atoms with E-state index < -0.39 is 17.8 Å². The van der Waals surface area contributed by atoms with Gasteiger partial charge in [0.25, 0.3) is 0 Å². The van der Waals surface area contributed by atoms with Gasteiger partial charge in [-0.1, -0.05) is 26.8 Å². The average molecular weight is 451 g/mol. The first-order chi connectivity index (χ1) is 15.7. The predicted molar refractivity (Wildman–Crippen MR) is 122 cm³/mol. The maximum Gasteiger partial charge on any atom is 0.226 e. The normalized spacial score (nSPS) is 21.8. The third-order valence-corrected chi connectivity index (χ3v) is 5.70. The Balaban J connectivity index is 1.63. The Morgan fingerprint density at radius 2 is 2.06 bits per heavy atom. The zero-order valence-electron chi connectivity index (χ0n) is 18.9. The molecule has 2 aliphatic rings. The summed E-state index contributed by atoms with van der Waals surface area (Å²) in [7, 11) is 0. The minimum absolute atomic E-state index is 0.00929. The highest BCUT2D eigenvalue weighted by atomic mass is 19.1. The fourth-order valence-corrected chi connectivity index (χ4v) is 4.18. The second-order valence-corrected chi connectivity index (χ2v) is 9.64. The van der Waals surface area contributed by atoms with E-state index in [9.17, 15) is 4.39 Å². The van der Waals surface area contributed by atoms with Gasteiger partial charge in [0.2, 0.25) is 11.8 Å². The summed E-state index contributed by atoms with van der Waals surface area (Å²) in [5.41, 5.74) is 7.78. The first-order valence-electron chi connectivity index (χ1n) is 11.0. The van der Waals surface area contributed by atoms with Crippen molar-refractivity contribution >= 4 is 0 Å². The molecule has 4 heterocycles. The molecule has 1 fully saturated rings. The van der Waals surface area contributed by atoms with Crippen molar-refractivity contribution in [1.82, 2.24) is 15.3 Å². The molecule has 3 aromatic rings. The number of nitrogens with one attached hydrogen (secondary N) is 1. The van der Waals surface area contributed by atoms with Gasteiger partial charge in [-0.05, 0) is 41.3 Å². The van der Waals surface area contributed by atoms with E-state index in [-0.39, 0.29) is 5.41 Å². The number of aromatic nitrogens is 2. The molecule has 1 spiro atoms. The third kappa shape index (κ3) is 4.06. The topological polar surface area (TPSA) is 91.5 Å². The molecule has 1 aromatic carbocycles. The van der Waals surface area contributed by atoms with Gasteiger partial charge < -0.3 is 25.3 Å². The Labute approximate surface area is 192 Å². The molecule has 0 aliphatic carbocycles. The van der Waals surface area contributed by atoms with Crippen LogP contribution in [0.4, 0.5) is 4.39 Å². The van der Waals surface area contributed by atoms with Gasteiger partial charge in [-0.3, -0.25) is 0 Å². The largest absolute Gasteiger partial charge is 0.491 e. The van der Waals surface area contributed by atoms with E-state index in [1.165, 1.54) is 6.20 Å². The summed E-state index contributed by atoms with van der Waals surface area (Å²) in [4.78, 5) is 8.31. The number of nitrogens with two attached hydrogens (primary N) is 1. The number of pyridine rings is 2. The Hall–Kier alpha value is -3.07. The van der Waals surface area contributed by atoms with E-state index in [2.05, 4.69) is 36.1 Å². The van der Waals surface area contributed by atoms with Crippen LogP contribution in [0.2, 0.25) is 0 Å². The summed E-state index contributed by atoms with van der Waals surface area (Å²) in [6, 6.07) is 10.8. The van der Waals surface area contributed by atoms with Crippen LogP contribution in [0.5, 0.6) is 17.4 Å². The monoisotopic (exact) mass is 450 g/mol. The number of ether oxygens (including phenoxy) is 3. The molecule has 7 nitrogen and oxygen atoms in total. The maximum atomic E-state index is 14.4. The predicted octanol–water partition coefficient (Wildman–Crippen LogP) is 3.96. The van der Waals surface area contributed by atoms with Gasteiger partial charge in [-0.15, -0.1) is 0 Å². The van der Waals surface area contributed by atoms with E-state index in [0.29, 0.717) is 53.8 Å². The lowest BCUT2D eigenvalue weighted by Gasteiger charge is -2.44. The van der Waals surface area contributed by atoms with Gasteiger partial charge in [0.15, 0.2) is 0 Å². The summed E-state index contributed by atoms with van der Waals surface area (Å²) in [6.07, 6.45) is 2.53. The number of nitrogens with zero attached hydrogens (tertiary/aromatic N) is 2. The van der Waals surface area contributed by atoms with Crippen molar-refractivity contribution in [3.8, 4) is 28.5 Å². The molecule has 0 bridgehead atoms. The van der Waals surface area contributed by atoms with Crippen LogP contribution in [0.1, 0.15) is 31.9 Å². The zero-order chi connectivity index (χ0) is 23.2. The number of rotatable bonds is 3. The fourth-order valence-electron chi connectivity index (χ4n) is 4.18. The SMILES string of the molecule is CC(C)(C)COc1cnc2c(c1)C1(CNC[C@@H](N)O1)c1cc(-c3cccnc3F)ccc1O2. The standard InChI is InChI=1S/C25H27FN4O3/c1-24(2,3)14-31-16-10-19-23(30-11-16)32-20-7-6-15(17-5-4-8-29-22(17)26)9-18(20)25(19)13-28-12-21(27)33-25/h4-11,21,28H,12-14,27H2,1-3H3/t21-,25?/m0/s1. The van der Waals surface area contributed by atoms with Crippen LogP contribution >= 0.6 is 0 Å². The molecular weight excluding hydrogens is 423 g/mol. The molecule has 3 N–H and O–H groups in total.